The van der Waals surface area contributed by atoms with E-state index >= 15 is 0 Å². The van der Waals surface area contributed by atoms with Crippen LogP contribution in [0.4, 0.5) is 0 Å². The van der Waals surface area contributed by atoms with Gasteiger partial charge in [-0.05, 0) is 60.0 Å². The molecule has 0 atom stereocenters. The molecule has 1 fully saturated rings. The van der Waals surface area contributed by atoms with Crippen LogP contribution in [0.3, 0.4) is 0 Å². The smallest absolute Gasteiger partial charge is 0.260 e. The molecule has 3 aromatic carbocycles. The summed E-state index contributed by atoms with van der Waals surface area (Å²) in [4.78, 5) is 19.7. The first-order valence-corrected chi connectivity index (χ1v) is 13.2. The molecule has 3 aromatic rings. The van der Waals surface area contributed by atoms with Crippen LogP contribution < -0.4 is 4.74 Å². The molecule has 0 N–H and O–H groups in total. The van der Waals surface area contributed by atoms with Gasteiger partial charge in [-0.1, -0.05) is 59.6 Å². The van der Waals surface area contributed by atoms with Crippen LogP contribution in [0.1, 0.15) is 16.7 Å². The molecule has 2 heterocycles. The number of hydrogen-bond acceptors (Lipinski definition) is 4. The summed E-state index contributed by atoms with van der Waals surface area (Å²) in [5.41, 5.74) is 5.66. The molecule has 2 aliphatic rings. The van der Waals surface area contributed by atoms with Crippen LogP contribution in [0.5, 0.6) is 5.75 Å². The molecule has 0 radical (unpaired) electrons. The van der Waals surface area contributed by atoms with Gasteiger partial charge >= 0.3 is 0 Å². The molecule has 5 rings (SSSR count). The van der Waals surface area contributed by atoms with E-state index in [-0.39, 0.29) is 12.5 Å². The average Bonchev–Trinajstić information content (AvgIpc) is 2.90. The van der Waals surface area contributed by atoms with Crippen molar-refractivity contribution in [1.82, 2.24) is 14.7 Å². The number of piperazine rings is 1. The lowest BCUT2D eigenvalue weighted by Gasteiger charge is -2.33. The summed E-state index contributed by atoms with van der Waals surface area (Å²) in [5, 5.41) is 1.07. The minimum absolute atomic E-state index is 0.0172. The maximum absolute atomic E-state index is 13.0. The Balaban J connectivity index is 1.33. The van der Waals surface area contributed by atoms with Crippen molar-refractivity contribution in [3.05, 3.63) is 87.4 Å². The number of benzene rings is 3. The molecule has 0 aromatic heterocycles. The number of hydrogen-bond donors (Lipinski definition) is 0. The summed E-state index contributed by atoms with van der Waals surface area (Å²) < 4.78 is 6.16. The number of amides is 1. The molecule has 36 heavy (non-hydrogen) atoms. The summed E-state index contributed by atoms with van der Waals surface area (Å²) in [6, 6.07) is 20.2. The van der Waals surface area contributed by atoms with Crippen LogP contribution >= 0.6 is 23.2 Å². The number of ether oxygens (including phenoxy) is 1. The number of likely N-dealkylation sites (N-methyl/N-ethyl adjacent to an activating group) is 1. The number of halogens is 2. The Hall–Kier alpha value is -2.57. The third kappa shape index (κ3) is 5.87. The lowest BCUT2D eigenvalue weighted by Crippen LogP contribution is -2.44. The van der Waals surface area contributed by atoms with Gasteiger partial charge in [-0.15, -0.1) is 0 Å². The molecule has 2 aliphatic heterocycles. The number of carbonyl (C=O) groups is 1. The zero-order valence-corrected chi connectivity index (χ0v) is 22.1. The Kier molecular flexibility index (Phi) is 7.82. The Morgan fingerprint density at radius 3 is 2.36 bits per heavy atom. The minimum Gasteiger partial charge on any atom is -0.483 e. The van der Waals surface area contributed by atoms with E-state index in [4.69, 9.17) is 27.9 Å². The zero-order chi connectivity index (χ0) is 25.1. The SMILES string of the molecule is CN1CCN(Cc2cc(-c3ccc(Cl)c(Cl)c3)ccc2OCC(=O)N2CCc3ccccc3C2)CC1. The van der Waals surface area contributed by atoms with Crippen LogP contribution in [0.25, 0.3) is 11.1 Å². The fourth-order valence-corrected chi connectivity index (χ4v) is 5.18. The van der Waals surface area contributed by atoms with Crippen LogP contribution in [0.2, 0.25) is 10.0 Å². The average molecular weight is 524 g/mol. The maximum Gasteiger partial charge on any atom is 0.260 e. The molecule has 0 unspecified atom stereocenters. The summed E-state index contributed by atoms with van der Waals surface area (Å²) in [7, 11) is 2.15. The minimum atomic E-state index is 0.0172. The van der Waals surface area contributed by atoms with E-state index in [9.17, 15) is 4.79 Å². The normalized spacial score (nSPS) is 16.6. The molecular weight excluding hydrogens is 493 g/mol. The van der Waals surface area contributed by atoms with Crippen molar-refractivity contribution < 1.29 is 9.53 Å². The van der Waals surface area contributed by atoms with E-state index in [2.05, 4.69) is 41.1 Å². The van der Waals surface area contributed by atoms with Gasteiger partial charge in [0.1, 0.15) is 5.75 Å². The second kappa shape index (κ2) is 11.2. The van der Waals surface area contributed by atoms with Crippen molar-refractivity contribution >= 4 is 29.1 Å². The first kappa shape index (κ1) is 25.1. The highest BCUT2D eigenvalue weighted by Crippen LogP contribution is 2.32. The van der Waals surface area contributed by atoms with Crippen molar-refractivity contribution in [3.63, 3.8) is 0 Å². The first-order valence-electron chi connectivity index (χ1n) is 12.4. The van der Waals surface area contributed by atoms with Crippen LogP contribution in [0.15, 0.2) is 60.7 Å². The van der Waals surface area contributed by atoms with Crippen molar-refractivity contribution in [2.75, 3.05) is 46.4 Å². The summed E-state index contributed by atoms with van der Waals surface area (Å²) >= 11 is 12.4. The molecule has 1 amide bonds. The monoisotopic (exact) mass is 523 g/mol. The summed E-state index contributed by atoms with van der Waals surface area (Å²) in [6.45, 7) is 6.24. The van der Waals surface area contributed by atoms with Gasteiger partial charge in [0.15, 0.2) is 6.61 Å². The number of nitrogens with zero attached hydrogens (tertiary/aromatic N) is 3. The highest BCUT2D eigenvalue weighted by molar-refractivity contribution is 6.42. The van der Waals surface area contributed by atoms with E-state index in [0.717, 1.165) is 68.1 Å². The van der Waals surface area contributed by atoms with Gasteiger partial charge < -0.3 is 14.5 Å². The molecule has 5 nitrogen and oxygen atoms in total. The molecular formula is C29H31Cl2N3O2. The van der Waals surface area contributed by atoms with Crippen LogP contribution in [-0.2, 0) is 24.3 Å². The van der Waals surface area contributed by atoms with Gasteiger partial charge in [-0.2, -0.15) is 0 Å². The highest BCUT2D eigenvalue weighted by Gasteiger charge is 2.22. The van der Waals surface area contributed by atoms with Crippen LogP contribution in [0, 0.1) is 0 Å². The van der Waals surface area contributed by atoms with E-state index in [1.54, 1.807) is 0 Å². The standard InChI is InChI=1S/C29H31Cl2N3O2/c1-32-12-14-33(15-13-32)18-25-16-22(23-6-8-26(30)27(31)17-23)7-9-28(25)36-20-29(35)34-11-10-21-4-2-3-5-24(21)19-34/h2-9,16-17H,10-15,18-20H2,1H3. The van der Waals surface area contributed by atoms with Gasteiger partial charge in [-0.25, -0.2) is 0 Å². The Morgan fingerprint density at radius 2 is 1.58 bits per heavy atom. The largest absolute Gasteiger partial charge is 0.483 e. The van der Waals surface area contributed by atoms with E-state index in [0.29, 0.717) is 16.6 Å². The number of rotatable bonds is 6. The van der Waals surface area contributed by atoms with E-state index < -0.39 is 0 Å². The van der Waals surface area contributed by atoms with E-state index in [1.165, 1.54) is 11.1 Å². The maximum atomic E-state index is 13.0. The van der Waals surface area contributed by atoms with Gasteiger partial charge in [0.2, 0.25) is 0 Å². The van der Waals surface area contributed by atoms with Gasteiger partial charge in [-0.3, -0.25) is 9.69 Å². The second-order valence-electron chi connectivity index (χ2n) is 9.65. The summed E-state index contributed by atoms with van der Waals surface area (Å²) in [5.74, 6) is 0.770. The third-order valence-electron chi connectivity index (χ3n) is 7.14. The molecule has 7 heteroatoms. The van der Waals surface area contributed by atoms with Crippen molar-refractivity contribution in [2.24, 2.45) is 0 Å². The molecule has 0 aliphatic carbocycles. The topological polar surface area (TPSA) is 36.0 Å². The first-order chi connectivity index (χ1) is 17.5. The lowest BCUT2D eigenvalue weighted by molar-refractivity contribution is -0.134. The number of fused-ring (bicyclic) bond motifs is 1. The third-order valence-corrected chi connectivity index (χ3v) is 7.88. The second-order valence-corrected chi connectivity index (χ2v) is 10.5. The Labute approximate surface area is 223 Å². The van der Waals surface area contributed by atoms with Crippen molar-refractivity contribution in [2.45, 2.75) is 19.5 Å². The summed E-state index contributed by atoms with van der Waals surface area (Å²) in [6.07, 6.45) is 0.884. The van der Waals surface area contributed by atoms with Gasteiger partial charge in [0, 0.05) is 51.4 Å². The predicted octanol–water partition coefficient (Wildman–Crippen LogP) is 5.37. The molecule has 0 bridgehead atoms. The number of carbonyl (C=O) groups excluding carboxylic acids is 1. The Morgan fingerprint density at radius 1 is 0.861 bits per heavy atom. The molecule has 0 saturated carbocycles. The van der Waals surface area contributed by atoms with Crippen molar-refractivity contribution in [1.29, 1.82) is 0 Å². The van der Waals surface area contributed by atoms with E-state index in [1.807, 2.05) is 41.3 Å². The fourth-order valence-electron chi connectivity index (χ4n) is 4.89. The molecule has 1 saturated heterocycles. The highest BCUT2D eigenvalue weighted by atomic mass is 35.5. The van der Waals surface area contributed by atoms with Gasteiger partial charge in [0.05, 0.1) is 10.0 Å². The van der Waals surface area contributed by atoms with Crippen molar-refractivity contribution in [3.8, 4) is 16.9 Å². The van der Waals surface area contributed by atoms with Gasteiger partial charge in [0.25, 0.3) is 5.91 Å². The fraction of sp³-hybridized carbons (Fsp3) is 0.345. The Bertz CT molecular complexity index is 1240. The quantitative estimate of drug-likeness (QED) is 0.435. The molecule has 0 spiro atoms. The lowest BCUT2D eigenvalue weighted by atomic mass is 10.00. The zero-order valence-electron chi connectivity index (χ0n) is 20.6. The predicted molar refractivity (Wildman–Crippen MR) is 146 cm³/mol. The van der Waals surface area contributed by atoms with Crippen LogP contribution in [-0.4, -0.2) is 67.0 Å². The molecule has 188 valence electrons.